The molecule has 7 heteroatoms. The molecule has 1 amide bonds. The van der Waals surface area contributed by atoms with E-state index in [0.29, 0.717) is 33.3 Å². The third-order valence-corrected chi connectivity index (χ3v) is 7.62. The first-order chi connectivity index (χ1) is 14.0. The first-order valence-corrected chi connectivity index (χ1v) is 11.1. The zero-order valence-corrected chi connectivity index (χ0v) is 17.9. The van der Waals surface area contributed by atoms with Gasteiger partial charge in [-0.2, -0.15) is 5.10 Å². The Balaban J connectivity index is 1.29. The minimum absolute atomic E-state index is 0.0900. The molecule has 0 unspecified atom stereocenters. The Morgan fingerprint density at radius 2 is 1.86 bits per heavy atom. The molecule has 0 saturated heterocycles. The van der Waals surface area contributed by atoms with Crippen LogP contribution >= 0.6 is 23.2 Å². The normalized spacial score (nSPS) is 29.8. The van der Waals surface area contributed by atoms with E-state index in [1.165, 1.54) is 32.1 Å². The summed E-state index contributed by atoms with van der Waals surface area (Å²) < 4.78 is 7.55. The van der Waals surface area contributed by atoms with Crippen LogP contribution in [0.2, 0.25) is 10.0 Å². The fourth-order valence-electron chi connectivity index (χ4n) is 5.93. The Morgan fingerprint density at radius 3 is 2.52 bits per heavy atom. The molecule has 6 rings (SSSR count). The van der Waals surface area contributed by atoms with E-state index < -0.39 is 0 Å². The molecule has 0 atom stereocenters. The summed E-state index contributed by atoms with van der Waals surface area (Å²) in [6.45, 7) is 0.244. The van der Waals surface area contributed by atoms with E-state index in [0.717, 1.165) is 17.4 Å². The van der Waals surface area contributed by atoms with Gasteiger partial charge in [0.05, 0.1) is 6.20 Å². The third-order valence-electron chi connectivity index (χ3n) is 7.03. The van der Waals surface area contributed by atoms with Crippen molar-refractivity contribution in [1.82, 2.24) is 15.1 Å². The van der Waals surface area contributed by atoms with Gasteiger partial charge in [0.25, 0.3) is 5.91 Å². The largest absolute Gasteiger partial charge is 0.472 e. The number of nitrogens with one attached hydrogen (secondary N) is 1. The summed E-state index contributed by atoms with van der Waals surface area (Å²) in [6.07, 6.45) is 8.06. The van der Waals surface area contributed by atoms with E-state index in [1.54, 1.807) is 30.1 Å². The lowest BCUT2D eigenvalue weighted by Gasteiger charge is -2.54. The van der Waals surface area contributed by atoms with Gasteiger partial charge in [-0.1, -0.05) is 29.3 Å². The summed E-state index contributed by atoms with van der Waals surface area (Å²) in [7, 11) is 1.78. The Morgan fingerprint density at radius 1 is 1.17 bits per heavy atom. The highest BCUT2D eigenvalue weighted by molar-refractivity contribution is 6.35. The Bertz CT molecular complexity index is 914. The van der Waals surface area contributed by atoms with Crippen LogP contribution in [0.4, 0.5) is 0 Å². The van der Waals surface area contributed by atoms with Crippen LogP contribution in [0.25, 0.3) is 0 Å². The highest BCUT2D eigenvalue weighted by Gasteiger charge is 2.48. The van der Waals surface area contributed by atoms with Gasteiger partial charge in [0.1, 0.15) is 12.2 Å². The highest BCUT2D eigenvalue weighted by Crippen LogP contribution is 2.53. The first-order valence-electron chi connectivity index (χ1n) is 10.4. The third kappa shape index (κ3) is 3.64. The summed E-state index contributed by atoms with van der Waals surface area (Å²) in [6, 6.07) is 5.57. The van der Waals surface area contributed by atoms with Gasteiger partial charge in [-0.3, -0.25) is 4.79 Å². The van der Waals surface area contributed by atoms with Crippen molar-refractivity contribution < 1.29 is 9.53 Å². The van der Waals surface area contributed by atoms with Crippen molar-refractivity contribution in [3.05, 3.63) is 45.6 Å². The summed E-state index contributed by atoms with van der Waals surface area (Å²) in [5.74, 6) is 3.39. The number of hydrogen-bond acceptors (Lipinski definition) is 3. The molecule has 1 N–H and O–H groups in total. The summed E-state index contributed by atoms with van der Waals surface area (Å²) in [5.41, 5.74) is 1.29. The van der Waals surface area contributed by atoms with Gasteiger partial charge in [-0.25, -0.2) is 4.68 Å². The van der Waals surface area contributed by atoms with Crippen LogP contribution in [0.1, 0.15) is 48.0 Å². The van der Waals surface area contributed by atoms with Crippen LogP contribution in [0, 0.1) is 23.7 Å². The van der Waals surface area contributed by atoms with Crippen molar-refractivity contribution in [1.29, 1.82) is 0 Å². The van der Waals surface area contributed by atoms with Crippen LogP contribution in [0.15, 0.2) is 24.4 Å². The topological polar surface area (TPSA) is 56.2 Å². The number of aromatic nitrogens is 2. The van der Waals surface area contributed by atoms with Crippen LogP contribution in [0.3, 0.4) is 0 Å². The number of amides is 1. The smallest absolute Gasteiger partial charge is 0.258 e. The van der Waals surface area contributed by atoms with E-state index in [1.807, 2.05) is 6.07 Å². The fraction of sp³-hybridized carbons (Fsp3) is 0.545. The standard InChI is InChI=1S/C22H25Cl2N3O2/c1-27-22(29-11-14-2-3-17(23)9-19(14)24)18(10-25-27)21(28)26-20-15-5-12-4-13(7-15)8-16(20)6-12/h2-3,9-10,12-13,15-16,20H,4-8,11H2,1H3,(H,26,28). The quantitative estimate of drug-likeness (QED) is 0.731. The predicted molar refractivity (Wildman–Crippen MR) is 112 cm³/mol. The summed E-state index contributed by atoms with van der Waals surface area (Å²) >= 11 is 12.2. The van der Waals surface area contributed by atoms with E-state index in [-0.39, 0.29) is 18.6 Å². The maximum atomic E-state index is 13.1. The minimum Gasteiger partial charge on any atom is -0.472 e. The van der Waals surface area contributed by atoms with Crippen LogP contribution in [-0.4, -0.2) is 21.7 Å². The number of ether oxygens (including phenoxy) is 1. The molecule has 4 saturated carbocycles. The molecule has 0 spiro atoms. The van der Waals surface area contributed by atoms with Gasteiger partial charge in [0, 0.05) is 28.7 Å². The maximum Gasteiger partial charge on any atom is 0.258 e. The number of carbonyl (C=O) groups excluding carboxylic acids is 1. The Kier molecular flexibility index (Phi) is 4.99. The number of rotatable bonds is 5. The lowest BCUT2D eigenvalue weighted by molar-refractivity contribution is -0.0120. The van der Waals surface area contributed by atoms with Gasteiger partial charge in [0.15, 0.2) is 0 Å². The van der Waals surface area contributed by atoms with E-state index >= 15 is 0 Å². The molecule has 5 nitrogen and oxygen atoms in total. The van der Waals surface area contributed by atoms with Crippen LogP contribution in [0.5, 0.6) is 5.88 Å². The molecule has 4 fully saturated rings. The molecular weight excluding hydrogens is 409 g/mol. The van der Waals surface area contributed by atoms with E-state index in [9.17, 15) is 4.79 Å². The number of benzene rings is 1. The van der Waals surface area contributed by atoms with Crippen molar-refractivity contribution in [2.75, 3.05) is 0 Å². The molecule has 1 aromatic carbocycles. The Hall–Kier alpha value is -1.72. The molecule has 2 aromatic rings. The molecule has 4 aliphatic carbocycles. The minimum atomic E-state index is -0.0900. The first kappa shape index (κ1) is 19.3. The molecule has 29 heavy (non-hydrogen) atoms. The second-order valence-corrected chi connectivity index (χ2v) is 9.79. The van der Waals surface area contributed by atoms with Crippen molar-refractivity contribution in [3.63, 3.8) is 0 Å². The second kappa shape index (κ2) is 7.51. The lowest BCUT2D eigenvalue weighted by atomic mass is 9.54. The van der Waals surface area contributed by atoms with Gasteiger partial charge < -0.3 is 10.1 Å². The predicted octanol–water partition coefficient (Wildman–Crippen LogP) is 4.86. The molecule has 4 bridgehead atoms. The second-order valence-electron chi connectivity index (χ2n) is 8.94. The van der Waals surface area contributed by atoms with Gasteiger partial charge >= 0.3 is 0 Å². The van der Waals surface area contributed by atoms with Crippen LogP contribution < -0.4 is 10.1 Å². The highest BCUT2D eigenvalue weighted by atomic mass is 35.5. The van der Waals surface area contributed by atoms with Crippen molar-refractivity contribution in [2.24, 2.45) is 30.7 Å². The number of nitrogens with zero attached hydrogens (tertiary/aromatic N) is 2. The molecule has 0 aliphatic heterocycles. The molecular formula is C22H25Cl2N3O2. The fourth-order valence-corrected chi connectivity index (χ4v) is 6.39. The molecule has 0 radical (unpaired) electrons. The van der Waals surface area contributed by atoms with E-state index in [2.05, 4.69) is 10.4 Å². The number of aryl methyl sites for hydroxylation is 1. The molecule has 4 aliphatic rings. The van der Waals surface area contributed by atoms with Crippen molar-refractivity contribution >= 4 is 29.1 Å². The van der Waals surface area contributed by atoms with Gasteiger partial charge in [-0.15, -0.1) is 0 Å². The zero-order valence-electron chi connectivity index (χ0n) is 16.4. The average Bonchev–Trinajstić information content (AvgIpc) is 3.04. The molecule has 1 heterocycles. The Labute approximate surface area is 180 Å². The van der Waals surface area contributed by atoms with E-state index in [4.69, 9.17) is 27.9 Å². The van der Waals surface area contributed by atoms with Gasteiger partial charge in [0.2, 0.25) is 5.88 Å². The number of hydrogen-bond donors (Lipinski definition) is 1. The lowest BCUT2D eigenvalue weighted by Crippen LogP contribution is -2.55. The van der Waals surface area contributed by atoms with Crippen molar-refractivity contribution in [2.45, 2.75) is 44.8 Å². The monoisotopic (exact) mass is 433 g/mol. The molecule has 154 valence electrons. The zero-order chi connectivity index (χ0) is 20.1. The average molecular weight is 434 g/mol. The number of carbonyl (C=O) groups is 1. The SMILES string of the molecule is Cn1ncc(C(=O)NC2C3CC4CC(C3)CC2C4)c1OCc1ccc(Cl)cc1Cl. The molecule has 1 aromatic heterocycles. The summed E-state index contributed by atoms with van der Waals surface area (Å²) in [5, 5.41) is 8.70. The number of halogens is 2. The maximum absolute atomic E-state index is 13.1. The van der Waals surface area contributed by atoms with Crippen LogP contribution in [-0.2, 0) is 13.7 Å². The van der Waals surface area contributed by atoms with Crippen molar-refractivity contribution in [3.8, 4) is 5.88 Å². The van der Waals surface area contributed by atoms with Gasteiger partial charge in [-0.05, 0) is 67.9 Å². The summed E-state index contributed by atoms with van der Waals surface area (Å²) in [4.78, 5) is 13.1.